The summed E-state index contributed by atoms with van der Waals surface area (Å²) in [5, 5.41) is 3.38. The first-order chi connectivity index (χ1) is 11.7. The molecule has 0 bridgehead atoms. The van der Waals surface area contributed by atoms with E-state index in [1.54, 1.807) is 0 Å². The van der Waals surface area contributed by atoms with Gasteiger partial charge in [0.25, 0.3) is 0 Å². The smallest absolute Gasteiger partial charge is 0.209 e. The van der Waals surface area contributed by atoms with E-state index in [0.29, 0.717) is 12.4 Å². The molecule has 0 aliphatic carbocycles. The molecule has 3 aromatic rings. The van der Waals surface area contributed by atoms with Crippen LogP contribution in [0.4, 0.5) is 0 Å². The van der Waals surface area contributed by atoms with Crippen LogP contribution in [0.15, 0.2) is 65.1 Å². The summed E-state index contributed by atoms with van der Waals surface area (Å²) in [4.78, 5) is 6.88. The van der Waals surface area contributed by atoms with Crippen LogP contribution in [-0.2, 0) is 6.54 Å². The van der Waals surface area contributed by atoms with E-state index >= 15 is 0 Å². The Hall–Kier alpha value is -1.85. The SMILES string of the molecule is CN(C)CCNCc1nc(-c2ccccc2)c(-c2ccccc2)o1.Cl.Cl. The second kappa shape index (κ2) is 11.0. The number of likely N-dealkylation sites (N-methyl/N-ethyl adjacent to an activating group) is 1. The lowest BCUT2D eigenvalue weighted by Gasteiger charge is -2.08. The molecule has 0 fully saturated rings. The summed E-state index contributed by atoms with van der Waals surface area (Å²) in [6, 6.07) is 20.3. The molecular weight excluding hydrogens is 369 g/mol. The van der Waals surface area contributed by atoms with Gasteiger partial charge in [0.2, 0.25) is 5.89 Å². The van der Waals surface area contributed by atoms with Crippen molar-refractivity contribution in [3.05, 3.63) is 66.6 Å². The highest BCUT2D eigenvalue weighted by Gasteiger charge is 2.16. The molecule has 2 aromatic carbocycles. The number of oxazole rings is 1. The van der Waals surface area contributed by atoms with Crippen LogP contribution in [0.5, 0.6) is 0 Å². The first kappa shape index (κ1) is 22.2. The van der Waals surface area contributed by atoms with Gasteiger partial charge in [0.15, 0.2) is 5.76 Å². The summed E-state index contributed by atoms with van der Waals surface area (Å²) in [7, 11) is 4.13. The van der Waals surface area contributed by atoms with Crippen LogP contribution < -0.4 is 5.32 Å². The average molecular weight is 394 g/mol. The average Bonchev–Trinajstić information content (AvgIpc) is 3.04. The Kier molecular flexibility index (Phi) is 9.38. The van der Waals surface area contributed by atoms with Crippen LogP contribution in [0.1, 0.15) is 5.89 Å². The number of rotatable bonds is 7. The quantitative estimate of drug-likeness (QED) is 0.599. The molecule has 0 radical (unpaired) electrons. The summed E-state index contributed by atoms with van der Waals surface area (Å²) in [6.07, 6.45) is 0. The number of hydrogen-bond acceptors (Lipinski definition) is 4. The molecule has 0 unspecified atom stereocenters. The molecule has 0 saturated heterocycles. The summed E-state index contributed by atoms with van der Waals surface area (Å²) in [6.45, 7) is 2.51. The Morgan fingerprint density at radius 1 is 0.885 bits per heavy atom. The number of aromatic nitrogens is 1. The molecule has 1 aromatic heterocycles. The third-order valence-electron chi connectivity index (χ3n) is 3.77. The molecule has 26 heavy (non-hydrogen) atoms. The number of hydrogen-bond donors (Lipinski definition) is 1. The highest BCUT2D eigenvalue weighted by molar-refractivity contribution is 5.85. The zero-order valence-electron chi connectivity index (χ0n) is 15.0. The molecule has 3 rings (SSSR count). The number of nitrogens with zero attached hydrogens (tertiary/aromatic N) is 2. The minimum absolute atomic E-state index is 0. The van der Waals surface area contributed by atoms with Crippen LogP contribution in [0.2, 0.25) is 0 Å². The van der Waals surface area contributed by atoms with E-state index in [1.165, 1.54) is 0 Å². The fourth-order valence-corrected chi connectivity index (χ4v) is 2.51. The molecule has 6 heteroatoms. The van der Waals surface area contributed by atoms with Gasteiger partial charge in [0.05, 0.1) is 6.54 Å². The third kappa shape index (κ3) is 5.85. The summed E-state index contributed by atoms with van der Waals surface area (Å²) >= 11 is 0. The Balaban J connectivity index is 0.00000169. The maximum Gasteiger partial charge on any atom is 0.209 e. The fourth-order valence-electron chi connectivity index (χ4n) is 2.51. The maximum atomic E-state index is 6.08. The fraction of sp³-hybridized carbons (Fsp3) is 0.250. The van der Waals surface area contributed by atoms with Crippen molar-refractivity contribution in [2.24, 2.45) is 0 Å². The van der Waals surface area contributed by atoms with Gasteiger partial charge in [-0.2, -0.15) is 0 Å². The zero-order valence-corrected chi connectivity index (χ0v) is 16.6. The molecule has 0 saturated carbocycles. The van der Waals surface area contributed by atoms with Crippen molar-refractivity contribution >= 4 is 24.8 Å². The topological polar surface area (TPSA) is 41.3 Å². The van der Waals surface area contributed by atoms with E-state index in [9.17, 15) is 0 Å². The van der Waals surface area contributed by atoms with E-state index in [0.717, 1.165) is 35.7 Å². The van der Waals surface area contributed by atoms with Crippen LogP contribution >= 0.6 is 24.8 Å². The monoisotopic (exact) mass is 393 g/mol. The molecule has 0 aliphatic heterocycles. The molecule has 1 N–H and O–H groups in total. The Bertz CT molecular complexity index is 704. The molecule has 1 heterocycles. The minimum Gasteiger partial charge on any atom is -0.439 e. The summed E-state index contributed by atoms with van der Waals surface area (Å²) < 4.78 is 6.08. The van der Waals surface area contributed by atoms with Crippen molar-refractivity contribution in [1.82, 2.24) is 15.2 Å². The summed E-state index contributed by atoms with van der Waals surface area (Å²) in [5.74, 6) is 1.54. The summed E-state index contributed by atoms with van der Waals surface area (Å²) in [5.41, 5.74) is 3.01. The predicted octanol–water partition coefficient (Wildman–Crippen LogP) is 4.50. The van der Waals surface area contributed by atoms with Crippen molar-refractivity contribution in [2.45, 2.75) is 6.54 Å². The first-order valence-corrected chi connectivity index (χ1v) is 8.20. The van der Waals surface area contributed by atoms with Gasteiger partial charge in [-0.1, -0.05) is 60.7 Å². The first-order valence-electron chi connectivity index (χ1n) is 8.20. The highest BCUT2D eigenvalue weighted by Crippen LogP contribution is 2.32. The lowest BCUT2D eigenvalue weighted by Crippen LogP contribution is -2.26. The molecular formula is C20H25Cl2N3O. The number of halogens is 2. The third-order valence-corrected chi connectivity index (χ3v) is 3.77. The largest absolute Gasteiger partial charge is 0.439 e. The van der Waals surface area contributed by atoms with Gasteiger partial charge in [0, 0.05) is 24.2 Å². The van der Waals surface area contributed by atoms with Gasteiger partial charge in [-0.25, -0.2) is 4.98 Å². The highest BCUT2D eigenvalue weighted by atomic mass is 35.5. The molecule has 0 aliphatic rings. The van der Waals surface area contributed by atoms with Gasteiger partial charge in [-0.15, -0.1) is 24.8 Å². The molecule has 140 valence electrons. The molecule has 0 spiro atoms. The van der Waals surface area contributed by atoms with Gasteiger partial charge < -0.3 is 14.6 Å². The van der Waals surface area contributed by atoms with Gasteiger partial charge in [-0.05, 0) is 14.1 Å². The van der Waals surface area contributed by atoms with Gasteiger partial charge in [0.1, 0.15) is 5.69 Å². The number of nitrogens with one attached hydrogen (secondary N) is 1. The Morgan fingerprint density at radius 3 is 2.04 bits per heavy atom. The van der Waals surface area contributed by atoms with Crippen LogP contribution in [0, 0.1) is 0 Å². The van der Waals surface area contributed by atoms with E-state index in [4.69, 9.17) is 9.40 Å². The van der Waals surface area contributed by atoms with Crippen LogP contribution in [0.25, 0.3) is 22.6 Å². The second-order valence-electron chi connectivity index (χ2n) is 6.00. The molecule has 0 amide bonds. The van der Waals surface area contributed by atoms with Gasteiger partial charge >= 0.3 is 0 Å². The van der Waals surface area contributed by atoms with Gasteiger partial charge in [-0.3, -0.25) is 0 Å². The lowest BCUT2D eigenvalue weighted by atomic mass is 10.1. The van der Waals surface area contributed by atoms with E-state index in [-0.39, 0.29) is 24.8 Å². The molecule has 0 atom stereocenters. The van der Waals surface area contributed by atoms with Crippen molar-refractivity contribution in [2.75, 3.05) is 27.2 Å². The lowest BCUT2D eigenvalue weighted by molar-refractivity contribution is 0.390. The maximum absolute atomic E-state index is 6.08. The zero-order chi connectivity index (χ0) is 16.8. The number of benzene rings is 2. The standard InChI is InChI=1S/C20H23N3O.2ClH/c1-23(2)14-13-21-15-18-22-19(16-9-5-3-6-10-16)20(24-18)17-11-7-4-8-12-17;;/h3-12,21H,13-15H2,1-2H3;2*1H. The van der Waals surface area contributed by atoms with E-state index in [2.05, 4.69) is 48.6 Å². The van der Waals surface area contributed by atoms with E-state index in [1.807, 2.05) is 36.4 Å². The van der Waals surface area contributed by atoms with Crippen molar-refractivity contribution in [3.8, 4) is 22.6 Å². The van der Waals surface area contributed by atoms with Crippen molar-refractivity contribution in [1.29, 1.82) is 0 Å². The van der Waals surface area contributed by atoms with Crippen LogP contribution in [-0.4, -0.2) is 37.1 Å². The van der Waals surface area contributed by atoms with Crippen LogP contribution in [0.3, 0.4) is 0 Å². The van der Waals surface area contributed by atoms with E-state index < -0.39 is 0 Å². The molecule has 4 nitrogen and oxygen atoms in total. The normalized spacial score (nSPS) is 10.3. The Labute approximate surface area is 167 Å². The van der Waals surface area contributed by atoms with Crippen molar-refractivity contribution in [3.63, 3.8) is 0 Å². The Morgan fingerprint density at radius 2 is 1.46 bits per heavy atom. The van der Waals surface area contributed by atoms with Crippen molar-refractivity contribution < 1.29 is 4.42 Å². The minimum atomic E-state index is 0. The predicted molar refractivity (Wildman–Crippen MR) is 112 cm³/mol. The second-order valence-corrected chi connectivity index (χ2v) is 6.00.